The van der Waals surface area contributed by atoms with Crippen LogP contribution < -0.4 is 10.1 Å². The zero-order valence-electron chi connectivity index (χ0n) is 16.7. The predicted octanol–water partition coefficient (Wildman–Crippen LogP) is 4.32. The third-order valence-corrected chi connectivity index (χ3v) is 4.56. The van der Waals surface area contributed by atoms with Crippen molar-refractivity contribution in [2.24, 2.45) is 7.05 Å². The molecule has 0 saturated heterocycles. The topological polar surface area (TPSA) is 69.0 Å². The minimum absolute atomic E-state index is 0.0364. The SMILES string of the molecule is Cc1ccc(NC(=O)[C@@H](C)Oc2cc(C(F)(F)F)c3c(C)nn(C)c3n2)c(C)c1. The van der Waals surface area contributed by atoms with Crippen LogP contribution in [0.5, 0.6) is 5.88 Å². The third kappa shape index (κ3) is 4.18. The number of aryl methyl sites for hydroxylation is 4. The number of anilines is 1. The van der Waals surface area contributed by atoms with Gasteiger partial charge < -0.3 is 10.1 Å². The number of halogens is 3. The number of rotatable bonds is 4. The van der Waals surface area contributed by atoms with Crippen LogP contribution in [-0.2, 0) is 18.0 Å². The zero-order valence-corrected chi connectivity index (χ0v) is 16.7. The maximum Gasteiger partial charge on any atom is 0.417 e. The van der Waals surface area contributed by atoms with Gasteiger partial charge in [0.1, 0.15) is 0 Å². The maximum atomic E-state index is 13.5. The van der Waals surface area contributed by atoms with E-state index in [1.807, 2.05) is 26.0 Å². The van der Waals surface area contributed by atoms with Crippen molar-refractivity contribution in [1.29, 1.82) is 0 Å². The number of hydrogen-bond acceptors (Lipinski definition) is 4. The number of amides is 1. The lowest BCUT2D eigenvalue weighted by Crippen LogP contribution is -2.30. The van der Waals surface area contributed by atoms with Gasteiger partial charge in [-0.2, -0.15) is 23.3 Å². The van der Waals surface area contributed by atoms with Gasteiger partial charge in [0, 0.05) is 18.8 Å². The summed E-state index contributed by atoms with van der Waals surface area (Å²) in [7, 11) is 1.50. The molecule has 2 aromatic heterocycles. The standard InChI is InChI=1S/C20H21F3N4O2/c1-10-6-7-15(11(2)8-10)24-19(28)13(4)29-16-9-14(20(21,22)23)17-12(3)26-27(5)18(17)25-16/h6-9,13H,1-5H3,(H,24,28)/t13-/m1/s1. The molecule has 0 fully saturated rings. The van der Waals surface area contributed by atoms with Gasteiger partial charge in [-0.1, -0.05) is 17.7 Å². The number of benzene rings is 1. The lowest BCUT2D eigenvalue weighted by atomic mass is 10.1. The van der Waals surface area contributed by atoms with Gasteiger partial charge in [0.2, 0.25) is 5.88 Å². The molecule has 1 amide bonds. The molecule has 29 heavy (non-hydrogen) atoms. The van der Waals surface area contributed by atoms with Gasteiger partial charge in [0.15, 0.2) is 11.8 Å². The van der Waals surface area contributed by atoms with E-state index in [-0.39, 0.29) is 22.6 Å². The van der Waals surface area contributed by atoms with Crippen molar-refractivity contribution in [2.75, 3.05) is 5.32 Å². The Hall–Kier alpha value is -3.10. The van der Waals surface area contributed by atoms with Crippen LogP contribution in [0.2, 0.25) is 0 Å². The Balaban J connectivity index is 1.89. The van der Waals surface area contributed by atoms with Gasteiger partial charge in [-0.25, -0.2) is 0 Å². The van der Waals surface area contributed by atoms with Gasteiger partial charge in [-0.3, -0.25) is 9.48 Å². The summed E-state index contributed by atoms with van der Waals surface area (Å²) in [5.74, 6) is -0.787. The average molecular weight is 406 g/mol. The quantitative estimate of drug-likeness (QED) is 0.701. The van der Waals surface area contributed by atoms with Crippen molar-refractivity contribution in [1.82, 2.24) is 14.8 Å². The van der Waals surface area contributed by atoms with Gasteiger partial charge in [-0.05, 0) is 39.3 Å². The number of pyridine rings is 1. The first kappa shape index (κ1) is 20.6. The first-order valence-corrected chi connectivity index (χ1v) is 8.93. The maximum absolute atomic E-state index is 13.5. The number of nitrogens with zero attached hydrogens (tertiary/aromatic N) is 3. The van der Waals surface area contributed by atoms with Crippen LogP contribution in [0.4, 0.5) is 18.9 Å². The molecule has 0 aliphatic heterocycles. The summed E-state index contributed by atoms with van der Waals surface area (Å²) >= 11 is 0. The van der Waals surface area contributed by atoms with Crippen LogP contribution in [0.1, 0.15) is 29.3 Å². The van der Waals surface area contributed by atoms with E-state index in [0.29, 0.717) is 5.69 Å². The second-order valence-electron chi connectivity index (χ2n) is 6.98. The highest BCUT2D eigenvalue weighted by Crippen LogP contribution is 2.37. The van der Waals surface area contributed by atoms with E-state index in [1.54, 1.807) is 6.07 Å². The van der Waals surface area contributed by atoms with E-state index in [2.05, 4.69) is 15.4 Å². The van der Waals surface area contributed by atoms with E-state index in [9.17, 15) is 18.0 Å². The molecule has 1 N–H and O–H groups in total. The van der Waals surface area contributed by atoms with Crippen LogP contribution in [-0.4, -0.2) is 26.8 Å². The fourth-order valence-corrected chi connectivity index (χ4v) is 3.13. The molecule has 9 heteroatoms. The third-order valence-electron chi connectivity index (χ3n) is 4.56. The number of carbonyl (C=O) groups excluding carboxylic acids is 1. The summed E-state index contributed by atoms with van der Waals surface area (Å²) in [4.78, 5) is 16.6. The van der Waals surface area contributed by atoms with E-state index >= 15 is 0 Å². The number of ether oxygens (including phenoxy) is 1. The fraction of sp³-hybridized carbons (Fsp3) is 0.350. The first-order valence-electron chi connectivity index (χ1n) is 8.93. The molecule has 0 unspecified atom stereocenters. The van der Waals surface area contributed by atoms with Crippen molar-refractivity contribution in [3.05, 3.63) is 46.6 Å². The van der Waals surface area contributed by atoms with Crippen LogP contribution in [0.3, 0.4) is 0 Å². The summed E-state index contributed by atoms with van der Waals surface area (Å²) in [6.45, 7) is 6.72. The molecule has 0 aliphatic carbocycles. The lowest BCUT2D eigenvalue weighted by molar-refractivity contribution is -0.136. The fourth-order valence-electron chi connectivity index (χ4n) is 3.13. The number of carbonyl (C=O) groups is 1. The molecular formula is C20H21F3N4O2. The normalized spacial score (nSPS) is 12.8. The molecule has 1 aromatic carbocycles. The highest BCUT2D eigenvalue weighted by Gasteiger charge is 2.36. The minimum Gasteiger partial charge on any atom is -0.464 e. The van der Waals surface area contributed by atoms with E-state index in [1.165, 1.54) is 25.6 Å². The van der Waals surface area contributed by atoms with Crippen molar-refractivity contribution in [2.45, 2.75) is 40.0 Å². The Morgan fingerprint density at radius 3 is 2.52 bits per heavy atom. The van der Waals surface area contributed by atoms with Gasteiger partial charge >= 0.3 is 6.18 Å². The number of aromatic nitrogens is 3. The van der Waals surface area contributed by atoms with E-state index < -0.39 is 23.8 Å². The van der Waals surface area contributed by atoms with E-state index in [4.69, 9.17) is 4.74 Å². The molecule has 3 rings (SSSR count). The molecule has 0 spiro atoms. The second kappa shape index (κ2) is 7.38. The Labute approximate surface area is 165 Å². The van der Waals surface area contributed by atoms with Crippen molar-refractivity contribution in [3.8, 4) is 5.88 Å². The molecule has 3 aromatic rings. The Morgan fingerprint density at radius 1 is 1.21 bits per heavy atom. The Kier molecular flexibility index (Phi) is 5.25. The number of fused-ring (bicyclic) bond motifs is 1. The number of alkyl halides is 3. The van der Waals surface area contributed by atoms with Crippen molar-refractivity contribution in [3.63, 3.8) is 0 Å². The van der Waals surface area contributed by atoms with Crippen LogP contribution in [0.25, 0.3) is 11.0 Å². The largest absolute Gasteiger partial charge is 0.464 e. The summed E-state index contributed by atoms with van der Waals surface area (Å²) < 4.78 is 47.4. The molecular weight excluding hydrogens is 385 g/mol. The van der Waals surface area contributed by atoms with Crippen molar-refractivity contribution < 1.29 is 22.7 Å². The minimum atomic E-state index is -4.61. The van der Waals surface area contributed by atoms with E-state index in [0.717, 1.165) is 17.2 Å². The molecule has 0 saturated carbocycles. The highest BCUT2D eigenvalue weighted by molar-refractivity contribution is 5.94. The lowest BCUT2D eigenvalue weighted by Gasteiger charge is -2.17. The van der Waals surface area contributed by atoms with Crippen LogP contribution >= 0.6 is 0 Å². The van der Waals surface area contributed by atoms with Gasteiger partial charge in [0.05, 0.1) is 16.6 Å². The summed E-state index contributed by atoms with van der Waals surface area (Å²) in [5, 5.41) is 6.65. The molecule has 1 atom stereocenters. The zero-order chi connectivity index (χ0) is 21.5. The Bertz CT molecular complexity index is 1090. The summed E-state index contributed by atoms with van der Waals surface area (Å²) in [6, 6.07) is 6.33. The average Bonchev–Trinajstić information content (AvgIpc) is 2.90. The molecule has 6 nitrogen and oxygen atoms in total. The number of nitrogens with one attached hydrogen (secondary N) is 1. The molecule has 0 radical (unpaired) electrons. The van der Waals surface area contributed by atoms with Crippen LogP contribution in [0, 0.1) is 20.8 Å². The van der Waals surface area contributed by atoms with Gasteiger partial charge in [0.25, 0.3) is 5.91 Å². The van der Waals surface area contributed by atoms with Crippen LogP contribution in [0.15, 0.2) is 24.3 Å². The molecule has 0 aliphatic rings. The van der Waals surface area contributed by atoms with Crippen molar-refractivity contribution >= 4 is 22.6 Å². The second-order valence-corrected chi connectivity index (χ2v) is 6.98. The molecule has 154 valence electrons. The highest BCUT2D eigenvalue weighted by atomic mass is 19.4. The smallest absolute Gasteiger partial charge is 0.417 e. The Morgan fingerprint density at radius 2 is 1.90 bits per heavy atom. The molecule has 2 heterocycles. The monoisotopic (exact) mass is 406 g/mol. The number of hydrogen-bond donors (Lipinski definition) is 1. The van der Waals surface area contributed by atoms with Gasteiger partial charge in [-0.15, -0.1) is 0 Å². The summed E-state index contributed by atoms with van der Waals surface area (Å²) in [5.41, 5.74) is 1.88. The first-order chi connectivity index (χ1) is 13.5. The molecule has 0 bridgehead atoms. The predicted molar refractivity (Wildman–Crippen MR) is 103 cm³/mol. The summed E-state index contributed by atoms with van der Waals surface area (Å²) in [6.07, 6.45) is -5.67.